The zero-order valence-corrected chi connectivity index (χ0v) is 8.08. The lowest BCUT2D eigenvalue weighted by Gasteiger charge is -1.99. The van der Waals surface area contributed by atoms with Crippen molar-refractivity contribution in [2.45, 2.75) is 5.16 Å². The van der Waals surface area contributed by atoms with Crippen molar-refractivity contribution in [3.8, 4) is 0 Å². The maximum absolute atomic E-state index is 10.6. The lowest BCUT2D eigenvalue weighted by atomic mass is 10.3. The standard InChI is InChI=1S/C8H5N3O3S/c1-9-5-2-3-6-7(4-5)11-8(10-6)15(12,13)14/h2-4H,(H,10,11)(H,12,13,14)/p-1. The van der Waals surface area contributed by atoms with Crippen LogP contribution in [0.1, 0.15) is 0 Å². The highest BCUT2D eigenvalue weighted by Gasteiger charge is 2.08. The van der Waals surface area contributed by atoms with Gasteiger partial charge in [-0.3, -0.25) is 0 Å². The fraction of sp³-hybridized carbons (Fsp3) is 0. The zero-order valence-electron chi connectivity index (χ0n) is 7.26. The number of imidazole rings is 1. The predicted octanol–water partition coefficient (Wildman–Crippen LogP) is 1.02. The predicted molar refractivity (Wildman–Crippen MR) is 50.3 cm³/mol. The Morgan fingerprint density at radius 3 is 2.80 bits per heavy atom. The van der Waals surface area contributed by atoms with Crippen molar-refractivity contribution in [1.82, 2.24) is 9.97 Å². The van der Waals surface area contributed by atoms with E-state index >= 15 is 0 Å². The molecule has 6 nitrogen and oxygen atoms in total. The van der Waals surface area contributed by atoms with Crippen molar-refractivity contribution in [2.24, 2.45) is 0 Å². The number of nitrogens with zero attached hydrogens (tertiary/aromatic N) is 2. The first-order chi connectivity index (χ1) is 7.00. The largest absolute Gasteiger partial charge is 0.742 e. The van der Waals surface area contributed by atoms with Gasteiger partial charge in [-0.2, -0.15) is 0 Å². The van der Waals surface area contributed by atoms with Crippen molar-refractivity contribution in [3.63, 3.8) is 0 Å². The van der Waals surface area contributed by atoms with E-state index in [-0.39, 0.29) is 0 Å². The molecule has 0 saturated carbocycles. The van der Waals surface area contributed by atoms with Gasteiger partial charge in [-0.15, -0.1) is 0 Å². The second kappa shape index (κ2) is 3.05. The summed E-state index contributed by atoms with van der Waals surface area (Å²) in [6.07, 6.45) is 0. The van der Waals surface area contributed by atoms with Gasteiger partial charge in [0.2, 0.25) is 5.16 Å². The minimum absolute atomic E-state index is 0.344. The summed E-state index contributed by atoms with van der Waals surface area (Å²) in [6.45, 7) is 6.76. The second-order valence-electron chi connectivity index (χ2n) is 2.81. The Morgan fingerprint density at radius 2 is 2.20 bits per heavy atom. The Morgan fingerprint density at radius 1 is 1.47 bits per heavy atom. The SMILES string of the molecule is [C-]#[N+]c1ccc2nc(S(=O)(=O)[O-])[nH]c2c1. The molecule has 0 radical (unpaired) electrons. The fourth-order valence-electron chi connectivity index (χ4n) is 1.16. The number of fused-ring (bicyclic) bond motifs is 1. The highest BCUT2D eigenvalue weighted by Crippen LogP contribution is 2.20. The lowest BCUT2D eigenvalue weighted by Crippen LogP contribution is -2.00. The molecule has 76 valence electrons. The van der Waals surface area contributed by atoms with Crippen LogP contribution in [0, 0.1) is 6.57 Å². The maximum Gasteiger partial charge on any atom is 0.213 e. The molecule has 0 spiro atoms. The van der Waals surface area contributed by atoms with Crippen LogP contribution in [0.5, 0.6) is 0 Å². The average molecular weight is 222 g/mol. The first kappa shape index (κ1) is 9.64. The number of H-pyrrole nitrogens is 1. The Bertz CT molecular complexity index is 666. The third kappa shape index (κ3) is 1.68. The first-order valence-electron chi connectivity index (χ1n) is 3.84. The normalized spacial score (nSPS) is 11.5. The van der Waals surface area contributed by atoms with E-state index in [9.17, 15) is 13.0 Å². The van der Waals surface area contributed by atoms with E-state index < -0.39 is 15.3 Å². The fourth-order valence-corrected chi connectivity index (χ4v) is 1.61. The molecule has 7 heteroatoms. The van der Waals surface area contributed by atoms with Gasteiger partial charge >= 0.3 is 0 Å². The zero-order chi connectivity index (χ0) is 11.1. The summed E-state index contributed by atoms with van der Waals surface area (Å²) < 4.78 is 31.9. The van der Waals surface area contributed by atoms with Gasteiger partial charge in [0, 0.05) is 0 Å². The Labute approximate surface area is 85.1 Å². The van der Waals surface area contributed by atoms with Crippen LogP contribution in [0.2, 0.25) is 0 Å². The summed E-state index contributed by atoms with van der Waals surface area (Å²) in [5, 5.41) is -0.625. The smallest absolute Gasteiger partial charge is 0.213 e. The molecular formula is C8H4N3O3S-. The first-order valence-corrected chi connectivity index (χ1v) is 5.24. The van der Waals surface area contributed by atoms with Crippen LogP contribution in [-0.4, -0.2) is 22.9 Å². The third-order valence-corrected chi connectivity index (χ3v) is 2.48. The molecule has 2 rings (SSSR count). The van der Waals surface area contributed by atoms with E-state index in [2.05, 4.69) is 14.8 Å². The van der Waals surface area contributed by atoms with E-state index in [0.717, 1.165) is 0 Å². The molecule has 1 aromatic carbocycles. The lowest BCUT2D eigenvalue weighted by molar-refractivity contribution is 0.456. The van der Waals surface area contributed by atoms with Gasteiger partial charge in [-0.25, -0.2) is 18.2 Å². The van der Waals surface area contributed by atoms with Gasteiger partial charge < -0.3 is 9.54 Å². The van der Waals surface area contributed by atoms with Gasteiger partial charge in [-0.05, 0) is 12.1 Å². The third-order valence-electron chi connectivity index (χ3n) is 1.81. The molecular weight excluding hydrogens is 218 g/mol. The Balaban J connectivity index is 2.73. The average Bonchev–Trinajstić information content (AvgIpc) is 2.59. The molecule has 1 aromatic heterocycles. The minimum atomic E-state index is -4.58. The van der Waals surface area contributed by atoms with Crippen LogP contribution in [-0.2, 0) is 10.1 Å². The number of nitrogens with one attached hydrogen (secondary N) is 1. The topological polar surface area (TPSA) is 90.2 Å². The van der Waals surface area contributed by atoms with Crippen molar-refractivity contribution >= 4 is 26.8 Å². The number of aromatic amines is 1. The number of hydrogen-bond acceptors (Lipinski definition) is 4. The van der Waals surface area contributed by atoms with Gasteiger partial charge in [0.05, 0.1) is 17.6 Å². The molecule has 0 bridgehead atoms. The molecule has 0 aliphatic heterocycles. The summed E-state index contributed by atoms with van der Waals surface area (Å²) in [6, 6.07) is 4.41. The Kier molecular flexibility index (Phi) is 1.96. The van der Waals surface area contributed by atoms with Gasteiger partial charge in [0.25, 0.3) is 0 Å². The van der Waals surface area contributed by atoms with Gasteiger partial charge in [0.15, 0.2) is 15.8 Å². The van der Waals surface area contributed by atoms with Crippen LogP contribution in [0.4, 0.5) is 5.69 Å². The highest BCUT2D eigenvalue weighted by molar-refractivity contribution is 7.85. The number of aromatic nitrogens is 2. The summed E-state index contributed by atoms with van der Waals surface area (Å²) >= 11 is 0. The van der Waals surface area contributed by atoms with Crippen LogP contribution < -0.4 is 0 Å². The molecule has 0 saturated heterocycles. The molecule has 1 heterocycles. The molecule has 0 atom stereocenters. The molecule has 15 heavy (non-hydrogen) atoms. The van der Waals surface area contributed by atoms with E-state index in [1.54, 1.807) is 0 Å². The number of hydrogen-bond donors (Lipinski definition) is 1. The van der Waals surface area contributed by atoms with Gasteiger partial charge in [-0.1, -0.05) is 6.07 Å². The van der Waals surface area contributed by atoms with Crippen LogP contribution >= 0.6 is 0 Å². The quantitative estimate of drug-likeness (QED) is 0.576. The summed E-state index contributed by atoms with van der Waals surface area (Å²) in [7, 11) is -4.58. The van der Waals surface area contributed by atoms with Crippen LogP contribution in [0.15, 0.2) is 23.4 Å². The van der Waals surface area contributed by atoms with Crippen LogP contribution in [0.3, 0.4) is 0 Å². The van der Waals surface area contributed by atoms with Crippen molar-refractivity contribution in [3.05, 3.63) is 29.6 Å². The summed E-state index contributed by atoms with van der Waals surface area (Å²) in [5.41, 5.74) is 1.05. The molecule has 1 N–H and O–H groups in total. The number of rotatable bonds is 1. The number of benzene rings is 1. The second-order valence-corrected chi connectivity index (χ2v) is 4.10. The van der Waals surface area contributed by atoms with E-state index in [0.29, 0.717) is 16.7 Å². The van der Waals surface area contributed by atoms with Crippen molar-refractivity contribution in [2.75, 3.05) is 0 Å². The van der Waals surface area contributed by atoms with E-state index in [1.165, 1.54) is 18.2 Å². The molecule has 0 unspecified atom stereocenters. The van der Waals surface area contributed by atoms with Crippen molar-refractivity contribution in [1.29, 1.82) is 0 Å². The van der Waals surface area contributed by atoms with Crippen LogP contribution in [0.25, 0.3) is 15.9 Å². The molecule has 2 aromatic rings. The van der Waals surface area contributed by atoms with Gasteiger partial charge in [0.1, 0.15) is 0 Å². The monoisotopic (exact) mass is 222 g/mol. The molecule has 0 aliphatic carbocycles. The summed E-state index contributed by atoms with van der Waals surface area (Å²) in [5.74, 6) is 0. The molecule has 0 aliphatic rings. The molecule has 0 amide bonds. The van der Waals surface area contributed by atoms with Crippen molar-refractivity contribution < 1.29 is 13.0 Å². The van der Waals surface area contributed by atoms with E-state index in [4.69, 9.17) is 6.57 Å². The Hall–Kier alpha value is -1.91. The van der Waals surface area contributed by atoms with E-state index in [1.807, 2.05) is 0 Å². The highest BCUT2D eigenvalue weighted by atomic mass is 32.2. The molecule has 0 fully saturated rings. The summed E-state index contributed by atoms with van der Waals surface area (Å²) in [4.78, 5) is 9.12. The maximum atomic E-state index is 10.6. The minimum Gasteiger partial charge on any atom is -0.742 e.